The molecule has 186 valence electrons. The molecule has 0 saturated carbocycles. The van der Waals surface area contributed by atoms with Gasteiger partial charge in [0.1, 0.15) is 0 Å². The van der Waals surface area contributed by atoms with Crippen LogP contribution in [0.4, 0.5) is 0 Å². The van der Waals surface area contributed by atoms with Crippen molar-refractivity contribution in [3.05, 3.63) is 0 Å². The van der Waals surface area contributed by atoms with Crippen molar-refractivity contribution >= 4 is 37.4 Å². The molecule has 0 aromatic heterocycles. The van der Waals surface area contributed by atoms with E-state index < -0.39 is 7.82 Å². The minimum atomic E-state index is -4.64. The first-order chi connectivity index (χ1) is 14.3. The Bertz CT molecular complexity index is 358. The molecule has 0 amide bonds. The van der Waals surface area contributed by atoms with E-state index in [1.807, 2.05) is 0 Å². The van der Waals surface area contributed by atoms with E-state index in [2.05, 4.69) is 13.8 Å². The molecular formula is C24H54NaO5P. The number of aliphatic hydroxyl groups excluding tert-OH is 1. The van der Waals surface area contributed by atoms with Gasteiger partial charge in [0.2, 0.25) is 0 Å². The zero-order valence-electron chi connectivity index (χ0n) is 20.1. The van der Waals surface area contributed by atoms with Gasteiger partial charge in [-0.1, -0.05) is 129 Å². The molecule has 0 aliphatic heterocycles. The van der Waals surface area contributed by atoms with Gasteiger partial charge in [0.25, 0.3) is 0 Å². The first-order valence-electron chi connectivity index (χ1n) is 12.7. The van der Waals surface area contributed by atoms with Gasteiger partial charge in [0, 0.05) is 6.61 Å². The first kappa shape index (κ1) is 36.6. The Balaban J connectivity index is -0.00000116. The second-order valence-electron chi connectivity index (χ2n) is 8.80. The summed E-state index contributed by atoms with van der Waals surface area (Å²) in [7, 11) is -4.64. The Morgan fingerprint density at radius 3 is 1.00 bits per heavy atom. The Kier molecular flexibility index (Phi) is 34.4. The van der Waals surface area contributed by atoms with E-state index in [0.29, 0.717) is 12.5 Å². The van der Waals surface area contributed by atoms with Crippen LogP contribution >= 0.6 is 7.82 Å². The monoisotopic (exact) mass is 476 g/mol. The zero-order valence-corrected chi connectivity index (χ0v) is 21.0. The molecule has 0 spiro atoms. The third-order valence-corrected chi connectivity index (χ3v) is 5.69. The summed E-state index contributed by atoms with van der Waals surface area (Å²) in [6.07, 6.45) is 27.7. The maximum absolute atomic E-state index is 9.57. The molecule has 0 rings (SSSR count). The van der Waals surface area contributed by atoms with E-state index in [0.717, 1.165) is 0 Å². The van der Waals surface area contributed by atoms with Gasteiger partial charge in [-0.3, -0.25) is 0 Å². The fourth-order valence-electron chi connectivity index (χ4n) is 3.81. The van der Waals surface area contributed by atoms with Crippen LogP contribution in [-0.4, -0.2) is 56.0 Å². The third-order valence-electron chi connectivity index (χ3n) is 5.69. The molecule has 0 fully saturated rings. The molecule has 0 aromatic rings. The van der Waals surface area contributed by atoms with Crippen molar-refractivity contribution in [2.24, 2.45) is 5.92 Å². The quantitative estimate of drug-likeness (QED) is 0.0824. The summed E-state index contributed by atoms with van der Waals surface area (Å²) < 4.78 is 8.88. The summed E-state index contributed by atoms with van der Waals surface area (Å²) in [5.41, 5.74) is 0. The molecule has 31 heavy (non-hydrogen) atoms. The number of phosphoric acid groups is 1. The summed E-state index contributed by atoms with van der Waals surface area (Å²) >= 11 is 0. The van der Waals surface area contributed by atoms with Gasteiger partial charge < -0.3 is 19.8 Å². The Labute approximate surface area is 215 Å². The molecule has 4 N–H and O–H groups in total. The number of aliphatic hydroxyl groups is 1. The van der Waals surface area contributed by atoms with Crippen LogP contribution in [0.3, 0.4) is 0 Å². The average Bonchev–Trinajstić information content (AvgIpc) is 2.68. The van der Waals surface area contributed by atoms with E-state index in [-0.39, 0.29) is 29.6 Å². The molecule has 0 aromatic carbocycles. The van der Waals surface area contributed by atoms with E-state index in [9.17, 15) is 5.11 Å². The fraction of sp³-hybridized carbons (Fsp3) is 1.00. The van der Waals surface area contributed by atoms with Gasteiger partial charge >= 0.3 is 37.4 Å². The number of hydrogen-bond donors (Lipinski definition) is 4. The topological polar surface area (TPSA) is 98.0 Å². The van der Waals surface area contributed by atoms with E-state index in [4.69, 9.17) is 19.2 Å². The normalized spacial score (nSPS) is 12.1. The zero-order chi connectivity index (χ0) is 22.9. The molecule has 5 nitrogen and oxygen atoms in total. The predicted octanol–water partition coefficient (Wildman–Crippen LogP) is 6.86. The van der Waals surface area contributed by atoms with Crippen LogP contribution in [0.2, 0.25) is 0 Å². The fourth-order valence-corrected chi connectivity index (χ4v) is 3.81. The van der Waals surface area contributed by atoms with Crippen molar-refractivity contribution in [3.8, 4) is 0 Å². The van der Waals surface area contributed by atoms with Crippen molar-refractivity contribution in [1.29, 1.82) is 0 Å². The van der Waals surface area contributed by atoms with Crippen LogP contribution in [0.5, 0.6) is 0 Å². The molecule has 1 unspecified atom stereocenters. The standard InChI is InChI=1S/C24H50O.Na.H3O4P.H/c1-3-5-7-9-11-13-14-16-18-20-22-24(23-25)21-19-17-15-12-10-8-6-4-2;;1-5(2,3)4;/h24-25H,3-23H2,1-2H3;;(H3,1,2,3,4);. The van der Waals surface area contributed by atoms with Crippen molar-refractivity contribution in [1.82, 2.24) is 0 Å². The first-order valence-corrected chi connectivity index (χ1v) is 14.3. The molecule has 0 bridgehead atoms. The summed E-state index contributed by atoms with van der Waals surface area (Å²) in [4.78, 5) is 21.6. The molecule has 0 aliphatic rings. The van der Waals surface area contributed by atoms with Crippen LogP contribution in [0.25, 0.3) is 0 Å². The van der Waals surface area contributed by atoms with Gasteiger partial charge in [-0.25, -0.2) is 4.57 Å². The molecule has 0 aliphatic carbocycles. The van der Waals surface area contributed by atoms with Crippen molar-refractivity contribution in [2.75, 3.05) is 6.61 Å². The van der Waals surface area contributed by atoms with Crippen LogP contribution in [0.15, 0.2) is 0 Å². The summed E-state index contributed by atoms with van der Waals surface area (Å²) in [6.45, 7) is 4.98. The van der Waals surface area contributed by atoms with E-state index >= 15 is 0 Å². The summed E-state index contributed by atoms with van der Waals surface area (Å²) in [5, 5.41) is 9.57. The second-order valence-corrected chi connectivity index (χ2v) is 9.82. The molecule has 7 heteroatoms. The molecule has 1 atom stereocenters. The van der Waals surface area contributed by atoms with Crippen LogP contribution < -0.4 is 0 Å². The molecule has 0 radical (unpaired) electrons. The SMILES string of the molecule is CCCCCCCCCCCCC(CO)CCCCCCCCCC.O=P(O)(O)O.[NaH]. The Morgan fingerprint density at radius 2 is 0.774 bits per heavy atom. The maximum atomic E-state index is 9.57. The van der Waals surface area contributed by atoms with Gasteiger partial charge in [-0.15, -0.1) is 0 Å². The molecule has 0 saturated heterocycles. The minimum absolute atomic E-state index is 0. The molecular weight excluding hydrogens is 422 g/mol. The van der Waals surface area contributed by atoms with Crippen molar-refractivity contribution in [3.63, 3.8) is 0 Å². The predicted molar refractivity (Wildman–Crippen MR) is 136 cm³/mol. The van der Waals surface area contributed by atoms with Crippen LogP contribution in [0, 0.1) is 5.92 Å². The van der Waals surface area contributed by atoms with Crippen LogP contribution in [0.1, 0.15) is 142 Å². The molecule has 0 heterocycles. The average molecular weight is 477 g/mol. The van der Waals surface area contributed by atoms with Crippen molar-refractivity contribution < 1.29 is 24.4 Å². The van der Waals surface area contributed by atoms with Gasteiger partial charge in [0.15, 0.2) is 0 Å². The van der Waals surface area contributed by atoms with Gasteiger partial charge in [-0.2, -0.15) is 0 Å². The van der Waals surface area contributed by atoms with Gasteiger partial charge in [0.05, 0.1) is 0 Å². The number of hydrogen-bond acceptors (Lipinski definition) is 2. The number of unbranched alkanes of at least 4 members (excludes halogenated alkanes) is 16. The van der Waals surface area contributed by atoms with Gasteiger partial charge in [-0.05, 0) is 18.8 Å². The second kappa shape index (κ2) is 29.1. The van der Waals surface area contributed by atoms with E-state index in [1.54, 1.807) is 0 Å². The van der Waals surface area contributed by atoms with Crippen LogP contribution in [-0.2, 0) is 4.57 Å². The summed E-state index contributed by atoms with van der Waals surface area (Å²) in [5.74, 6) is 0.578. The Hall–Kier alpha value is 1.07. The van der Waals surface area contributed by atoms with Crippen molar-refractivity contribution in [2.45, 2.75) is 142 Å². The van der Waals surface area contributed by atoms with E-state index in [1.165, 1.54) is 128 Å². The third kappa shape index (κ3) is 41.8. The Morgan fingerprint density at radius 1 is 0.548 bits per heavy atom. The summed E-state index contributed by atoms with van der Waals surface area (Å²) in [6, 6.07) is 0. The number of rotatable bonds is 21.